The monoisotopic (exact) mass is 928 g/mol. The molecule has 0 aromatic heterocycles. The van der Waals surface area contributed by atoms with Crippen LogP contribution in [0.3, 0.4) is 0 Å². The molecule has 0 aliphatic heterocycles. The first-order valence-electron chi connectivity index (χ1n) is 14.5. The van der Waals surface area contributed by atoms with Crippen LogP contribution in [0, 0.1) is 0 Å². The van der Waals surface area contributed by atoms with E-state index in [1.807, 2.05) is 0 Å². The third-order valence-electron chi connectivity index (χ3n) is 6.23. The number of aliphatic carboxylic acids is 1. The topological polar surface area (TPSA) is 235 Å². The molecule has 19 nitrogen and oxygen atoms in total. The Balaban J connectivity index is 0. The Bertz CT molecular complexity index is 1160. The fraction of sp³-hybridized carbons (Fsp3) is 0.679. The van der Waals surface area contributed by atoms with Gasteiger partial charge in [-0.05, 0) is 33.6 Å². The van der Waals surface area contributed by atoms with Crippen LogP contribution in [0.2, 0.25) is 0 Å². The van der Waals surface area contributed by atoms with Crippen molar-refractivity contribution in [2.75, 3.05) is 81.1 Å². The number of carbonyl (C=O) groups is 8. The standard InChI is InChI=1S/C28H47N8O11.Fm/c1-28(2,3)47-27(46)30-11-9-10-19(31-20(38)13-32(4)22(40)14-33(5)21(39)12-29-18-37)26(45)36(8)16-24(42)34(6)15-23(41)35(7)17-25(43)44;/h19H,9-17H2,1-8H3,(H,29,37)(H,30,46)(H,31,38)(H,43,44);/q-1;. The predicted octanol–water partition coefficient (Wildman–Crippen LogP) is -3.19. The molecule has 4 N–H and O–H groups in total. The molecular formula is C28H47FmN8O11-. The Kier molecular flexibility index (Phi) is 19.3. The molecule has 48 heavy (non-hydrogen) atoms. The van der Waals surface area contributed by atoms with Crippen molar-refractivity contribution >= 4 is 53.9 Å². The molecule has 1 atom stereocenters. The van der Waals surface area contributed by atoms with Gasteiger partial charge in [0.2, 0.25) is 35.4 Å². The van der Waals surface area contributed by atoms with Crippen molar-refractivity contribution in [3.63, 3.8) is 0 Å². The molecule has 0 spiro atoms. The molecule has 0 radical (unpaired) electrons. The second kappa shape index (κ2) is 20.9. The second-order valence-corrected chi connectivity index (χ2v) is 11.7. The molecule has 0 rings (SSSR count). The van der Waals surface area contributed by atoms with E-state index < -0.39 is 91.9 Å². The first-order valence-corrected chi connectivity index (χ1v) is 14.5. The van der Waals surface area contributed by atoms with Crippen molar-refractivity contribution in [3.05, 3.63) is 0 Å². The third kappa shape index (κ3) is 18.1. The molecular weight excluding hydrogens is 881 g/mol. The van der Waals surface area contributed by atoms with E-state index in [0.29, 0.717) is 0 Å². The predicted molar refractivity (Wildman–Crippen MR) is 165 cm³/mol. The maximum absolute atomic E-state index is 13.4. The molecule has 0 aromatic carbocycles. The maximum Gasteiger partial charge on any atom is 0.407 e. The summed E-state index contributed by atoms with van der Waals surface area (Å²) >= 11 is 0. The van der Waals surface area contributed by atoms with Crippen molar-refractivity contribution in [2.24, 2.45) is 0 Å². The van der Waals surface area contributed by atoms with Gasteiger partial charge >= 0.3 is 12.1 Å². The minimum atomic E-state index is -1.23. The number of carbonyl (C=O) groups excluding carboxylic acids is 8. The molecule has 0 aliphatic carbocycles. The number of nitrogens with zero attached hydrogens (tertiary/aromatic N) is 5. The van der Waals surface area contributed by atoms with Gasteiger partial charge in [0.25, 0.3) is 0 Å². The van der Waals surface area contributed by atoms with E-state index in [4.69, 9.17) is 9.84 Å². The van der Waals surface area contributed by atoms with Gasteiger partial charge in [-0.3, -0.25) is 33.6 Å². The zero-order valence-corrected chi connectivity index (χ0v) is 30.9. The van der Waals surface area contributed by atoms with Gasteiger partial charge in [0.15, 0.2) is 0 Å². The van der Waals surface area contributed by atoms with Crippen LogP contribution < -0.4 is 16.0 Å². The van der Waals surface area contributed by atoms with E-state index >= 15 is 0 Å². The largest absolute Gasteiger partial charge is 0.522 e. The summed E-state index contributed by atoms with van der Waals surface area (Å²) in [4.78, 5) is 114. The Morgan fingerprint density at radius 2 is 1.19 bits per heavy atom. The minimum Gasteiger partial charge on any atom is -0.522 e. The Labute approximate surface area is 273 Å². The van der Waals surface area contributed by atoms with Crippen LogP contribution in [0.15, 0.2) is 0 Å². The molecule has 278 valence electrons. The Morgan fingerprint density at radius 3 is 1.67 bits per heavy atom. The molecule has 0 heterocycles. The fourth-order valence-corrected chi connectivity index (χ4v) is 3.64. The number of ether oxygens (including phenoxy) is 1. The van der Waals surface area contributed by atoms with E-state index in [-0.39, 0.29) is 25.9 Å². The molecule has 0 saturated carbocycles. The van der Waals surface area contributed by atoms with Crippen LogP contribution in [0.4, 0.5) is 4.79 Å². The van der Waals surface area contributed by atoms with Crippen LogP contribution in [0.25, 0.3) is 0 Å². The zero-order valence-electron chi connectivity index (χ0n) is 28.5. The fourth-order valence-electron chi connectivity index (χ4n) is 3.64. The number of nitrogens with one attached hydrogen (secondary N) is 3. The Morgan fingerprint density at radius 1 is 0.729 bits per heavy atom. The van der Waals surface area contributed by atoms with Gasteiger partial charge in [-0.25, -0.2) is 4.79 Å². The second-order valence-electron chi connectivity index (χ2n) is 11.7. The number of amides is 8. The first kappa shape index (κ1) is 44.2. The van der Waals surface area contributed by atoms with Crippen molar-refractivity contribution in [1.29, 1.82) is 0 Å². The smallest absolute Gasteiger partial charge is 0.407 e. The maximum atomic E-state index is 13.4. The van der Waals surface area contributed by atoms with Crippen LogP contribution >= 0.6 is 0 Å². The minimum absolute atomic E-state index is 0. The van der Waals surface area contributed by atoms with E-state index in [0.717, 1.165) is 24.5 Å². The molecule has 0 aliphatic rings. The van der Waals surface area contributed by atoms with Gasteiger partial charge in [-0.2, -0.15) is 6.41 Å². The molecule has 0 saturated heterocycles. The normalized spacial score (nSPS) is 11.0. The van der Waals surface area contributed by atoms with Gasteiger partial charge in [-0.1, -0.05) is 0 Å². The number of alkyl carbamates (subject to hydrolysis) is 1. The molecule has 0 fully saturated rings. The quantitative estimate of drug-likeness (QED) is 0.0573. The molecule has 20 heteroatoms. The van der Waals surface area contributed by atoms with E-state index in [1.165, 1.54) is 41.6 Å². The SMILES string of the molecule is CN(CC(=O)O)C(=O)CN(C)C(=O)CN(C)C(=O)C(CCCNC(=O)OC(C)(C)C)NC(=O)CN(C)C(=O)CN(C)C(=O)CN[C-]=O.[Fm]. The van der Waals surface area contributed by atoms with Gasteiger partial charge in [0.05, 0.1) is 32.7 Å². The van der Waals surface area contributed by atoms with Crippen molar-refractivity contribution in [2.45, 2.75) is 45.3 Å². The van der Waals surface area contributed by atoms with E-state index in [1.54, 1.807) is 20.8 Å². The number of carboxylic acid groups (broad SMARTS) is 1. The number of rotatable bonds is 19. The van der Waals surface area contributed by atoms with Crippen LogP contribution in [-0.2, 0) is 43.1 Å². The summed E-state index contributed by atoms with van der Waals surface area (Å²) in [5.74, 6) is -5.07. The van der Waals surface area contributed by atoms with Crippen molar-refractivity contribution in [3.8, 4) is 0 Å². The summed E-state index contributed by atoms with van der Waals surface area (Å²) in [6.45, 7) is 2.43. The number of hydrogen-bond donors (Lipinski definition) is 4. The number of carboxylic acids is 1. The zero-order chi connectivity index (χ0) is 36.5. The average molecular weight is 929 g/mol. The summed E-state index contributed by atoms with van der Waals surface area (Å²) in [6.07, 6.45) is 0.891. The van der Waals surface area contributed by atoms with Crippen LogP contribution in [0.1, 0.15) is 33.6 Å². The molecule has 1 unspecified atom stereocenters. The summed E-state index contributed by atoms with van der Waals surface area (Å²) in [7, 11) is 6.53. The molecule has 0 bridgehead atoms. The van der Waals surface area contributed by atoms with Crippen molar-refractivity contribution < 1.29 is 53.0 Å². The van der Waals surface area contributed by atoms with Crippen LogP contribution in [0.5, 0.6) is 0 Å². The summed E-state index contributed by atoms with van der Waals surface area (Å²) < 4.78 is 5.17. The van der Waals surface area contributed by atoms with Gasteiger partial charge in [0.1, 0.15) is 18.2 Å². The van der Waals surface area contributed by atoms with Gasteiger partial charge < -0.3 is 55.1 Å². The summed E-state index contributed by atoms with van der Waals surface area (Å²) in [5, 5.41) is 16.0. The van der Waals surface area contributed by atoms with Crippen molar-refractivity contribution in [1.82, 2.24) is 40.4 Å². The third-order valence-corrected chi connectivity index (χ3v) is 6.23. The summed E-state index contributed by atoms with van der Waals surface area (Å²) in [5.41, 5.74) is -0.730. The summed E-state index contributed by atoms with van der Waals surface area (Å²) in [6, 6.07) is -1.19. The Hall–Kier alpha value is -5.97. The van der Waals surface area contributed by atoms with Crippen LogP contribution in [-0.4, -0.2) is 176 Å². The number of likely N-dealkylation sites (N-methyl/N-ethyl adjacent to an activating group) is 5. The van der Waals surface area contributed by atoms with E-state index in [9.17, 15) is 43.2 Å². The molecule has 8 amide bonds. The van der Waals surface area contributed by atoms with Gasteiger partial charge in [-0.15, -0.1) is 0 Å². The average Bonchev–Trinajstić information content (AvgIpc) is 2.95. The molecule has 0 aromatic rings. The first-order chi connectivity index (χ1) is 21.7. The van der Waals surface area contributed by atoms with Gasteiger partial charge in [0, 0.05) is 41.8 Å². The van der Waals surface area contributed by atoms with E-state index in [2.05, 4.69) is 16.0 Å². The number of hydrogen-bond acceptors (Lipinski definition) is 10.